The van der Waals surface area contributed by atoms with Crippen LogP contribution < -0.4 is 10.6 Å². The van der Waals surface area contributed by atoms with Gasteiger partial charge < -0.3 is 15.6 Å². The minimum Gasteiger partial charge on any atom is -0.359 e. The van der Waals surface area contributed by atoms with Crippen LogP contribution in [0.15, 0.2) is 66.9 Å². The van der Waals surface area contributed by atoms with Crippen molar-refractivity contribution in [2.24, 2.45) is 0 Å². The van der Waals surface area contributed by atoms with Gasteiger partial charge in [-0.2, -0.15) is 0 Å². The van der Waals surface area contributed by atoms with Crippen LogP contribution in [0.3, 0.4) is 0 Å². The highest BCUT2D eigenvalue weighted by Gasteiger charge is 2.21. The van der Waals surface area contributed by atoms with Crippen molar-refractivity contribution in [2.75, 3.05) is 7.05 Å². The van der Waals surface area contributed by atoms with Crippen LogP contribution in [0.5, 0.6) is 0 Å². The summed E-state index contributed by atoms with van der Waals surface area (Å²) in [4.78, 5) is 42.6. The lowest BCUT2D eigenvalue weighted by Crippen LogP contribution is -2.29. The van der Waals surface area contributed by atoms with E-state index in [0.29, 0.717) is 35.3 Å². The molecule has 0 radical (unpaired) electrons. The molecule has 2 aromatic heterocycles. The Kier molecular flexibility index (Phi) is 8.15. The topological polar surface area (TPSA) is 113 Å². The highest BCUT2D eigenvalue weighted by molar-refractivity contribution is 6.04. The van der Waals surface area contributed by atoms with Crippen molar-refractivity contribution in [1.29, 1.82) is 0 Å². The number of nitrogens with zero attached hydrogens (tertiary/aromatic N) is 3. The number of fused-ring (bicyclic) bond motifs is 2. The number of aromatic nitrogens is 4. The predicted octanol–water partition coefficient (Wildman–Crippen LogP) is 5.96. The summed E-state index contributed by atoms with van der Waals surface area (Å²) in [5.74, 6) is 0.516. The average molecular weight is 535 g/mol. The van der Waals surface area contributed by atoms with Crippen molar-refractivity contribution in [1.82, 2.24) is 30.6 Å². The summed E-state index contributed by atoms with van der Waals surface area (Å²) < 4.78 is 0. The van der Waals surface area contributed by atoms with Gasteiger partial charge in [0.15, 0.2) is 0 Å². The zero-order chi connectivity index (χ0) is 28.1. The van der Waals surface area contributed by atoms with E-state index in [1.54, 1.807) is 13.1 Å². The molecule has 3 aromatic carbocycles. The van der Waals surface area contributed by atoms with E-state index in [2.05, 4.69) is 60.9 Å². The van der Waals surface area contributed by atoms with Gasteiger partial charge in [-0.05, 0) is 55.7 Å². The first-order chi connectivity index (χ1) is 19.4. The summed E-state index contributed by atoms with van der Waals surface area (Å²) in [7, 11) is 1.65. The van der Waals surface area contributed by atoms with Gasteiger partial charge in [0.25, 0.3) is 5.91 Å². The largest absolute Gasteiger partial charge is 0.359 e. The molecule has 0 spiro atoms. The lowest BCUT2D eigenvalue weighted by atomic mass is 10.0. The molecule has 2 amide bonds. The smallest absolute Gasteiger partial charge is 0.254 e. The Hall–Kier alpha value is -4.59. The molecule has 0 unspecified atom stereocenters. The molecule has 5 rings (SSSR count). The number of aryl methyl sites for hydroxylation is 2. The summed E-state index contributed by atoms with van der Waals surface area (Å²) >= 11 is 0. The van der Waals surface area contributed by atoms with E-state index in [1.807, 2.05) is 44.3 Å². The van der Waals surface area contributed by atoms with Crippen LogP contribution in [0.25, 0.3) is 33.1 Å². The Morgan fingerprint density at radius 3 is 2.52 bits per heavy atom. The second kappa shape index (κ2) is 12.1. The fourth-order valence-corrected chi connectivity index (χ4v) is 4.90. The second-order valence-electron chi connectivity index (χ2n) is 10.1. The number of aromatic amines is 1. The number of carbonyl (C=O) groups is 2. The van der Waals surface area contributed by atoms with Gasteiger partial charge >= 0.3 is 0 Å². The third-order valence-corrected chi connectivity index (χ3v) is 7.32. The molecular formula is C32H34N6O2. The highest BCUT2D eigenvalue weighted by Crippen LogP contribution is 2.26. The maximum Gasteiger partial charge on any atom is 0.254 e. The maximum absolute atomic E-state index is 13.6. The zero-order valence-electron chi connectivity index (χ0n) is 23.1. The molecule has 0 aliphatic heterocycles. The number of hydrogen-bond acceptors (Lipinski definition) is 5. The predicted molar refractivity (Wildman–Crippen MR) is 158 cm³/mol. The molecule has 0 bridgehead atoms. The van der Waals surface area contributed by atoms with Gasteiger partial charge in [0.05, 0.1) is 40.4 Å². The molecule has 40 heavy (non-hydrogen) atoms. The first-order valence-electron chi connectivity index (χ1n) is 13.7. The van der Waals surface area contributed by atoms with E-state index >= 15 is 0 Å². The second-order valence-corrected chi connectivity index (χ2v) is 10.1. The van der Waals surface area contributed by atoms with Crippen LogP contribution in [0.2, 0.25) is 0 Å². The SMILES string of the molecule is CNC(=O)CCCCC[C@H](NC(=O)c1cccc2nc(C)c(C)nc12)c1ncc(-c2ccc3ccccc3c2)[nH]1. The molecule has 8 heteroatoms. The van der Waals surface area contributed by atoms with Gasteiger partial charge in [-0.15, -0.1) is 0 Å². The third-order valence-electron chi connectivity index (χ3n) is 7.32. The summed E-state index contributed by atoms with van der Waals surface area (Å²) in [5, 5.41) is 8.20. The zero-order valence-corrected chi connectivity index (χ0v) is 23.1. The van der Waals surface area contributed by atoms with Gasteiger partial charge in [0, 0.05) is 19.0 Å². The lowest BCUT2D eigenvalue weighted by Gasteiger charge is -2.18. The molecule has 1 atom stereocenters. The number of amides is 2. The Balaban J connectivity index is 1.39. The fourth-order valence-electron chi connectivity index (χ4n) is 4.90. The first kappa shape index (κ1) is 27.0. The number of hydrogen-bond donors (Lipinski definition) is 3. The Morgan fingerprint density at radius 2 is 1.70 bits per heavy atom. The normalized spacial score (nSPS) is 12.0. The monoisotopic (exact) mass is 534 g/mol. The minimum absolute atomic E-state index is 0.0403. The summed E-state index contributed by atoms with van der Waals surface area (Å²) in [6.07, 6.45) is 5.49. The molecule has 204 valence electrons. The van der Waals surface area contributed by atoms with E-state index < -0.39 is 0 Å². The maximum atomic E-state index is 13.6. The molecular weight excluding hydrogens is 500 g/mol. The van der Waals surface area contributed by atoms with E-state index in [4.69, 9.17) is 0 Å². The number of unbranched alkanes of at least 4 members (excludes halogenated alkanes) is 2. The van der Waals surface area contributed by atoms with Crippen molar-refractivity contribution in [3.8, 4) is 11.3 Å². The molecule has 0 saturated carbocycles. The fraction of sp³-hybridized carbons (Fsp3) is 0.281. The molecule has 2 heterocycles. The standard InChI is InChI=1S/C32H34N6O2/c1-20-21(2)36-30-25(12-9-14-26(30)35-20)32(40)38-27(13-5-4-6-15-29(39)33-3)31-34-19-28(37-31)24-17-16-22-10-7-8-11-23(22)18-24/h7-12,14,16-19,27H,4-6,13,15H2,1-3H3,(H,33,39)(H,34,37)(H,38,40)/t27-/m0/s1. The van der Waals surface area contributed by atoms with E-state index in [9.17, 15) is 9.59 Å². The number of benzene rings is 3. The molecule has 0 fully saturated rings. The van der Waals surface area contributed by atoms with Crippen molar-refractivity contribution in [3.05, 3.63) is 89.6 Å². The summed E-state index contributed by atoms with van der Waals surface area (Å²) in [5.41, 5.74) is 5.33. The van der Waals surface area contributed by atoms with Crippen molar-refractivity contribution >= 4 is 33.6 Å². The van der Waals surface area contributed by atoms with Gasteiger partial charge in [0.2, 0.25) is 5.91 Å². The van der Waals surface area contributed by atoms with Crippen LogP contribution in [0, 0.1) is 13.8 Å². The van der Waals surface area contributed by atoms with E-state index in [1.165, 1.54) is 5.39 Å². The van der Waals surface area contributed by atoms with Crippen LogP contribution in [0.1, 0.15) is 65.7 Å². The molecule has 0 aliphatic rings. The molecule has 3 N–H and O–H groups in total. The Morgan fingerprint density at radius 1 is 0.900 bits per heavy atom. The first-order valence-corrected chi connectivity index (χ1v) is 13.7. The summed E-state index contributed by atoms with van der Waals surface area (Å²) in [6.45, 7) is 3.81. The Labute approximate surface area is 233 Å². The van der Waals surface area contributed by atoms with Gasteiger partial charge in [-0.1, -0.05) is 55.3 Å². The molecule has 0 saturated heterocycles. The van der Waals surface area contributed by atoms with E-state index in [0.717, 1.165) is 47.3 Å². The number of para-hydroxylation sites is 1. The van der Waals surface area contributed by atoms with Crippen LogP contribution in [0.4, 0.5) is 0 Å². The minimum atomic E-state index is -0.337. The molecule has 8 nitrogen and oxygen atoms in total. The molecule has 5 aromatic rings. The number of rotatable bonds is 10. The third kappa shape index (κ3) is 6.01. The van der Waals surface area contributed by atoms with Crippen LogP contribution in [-0.2, 0) is 4.79 Å². The lowest BCUT2D eigenvalue weighted by molar-refractivity contribution is -0.120. The van der Waals surface area contributed by atoms with Gasteiger partial charge in [-0.3, -0.25) is 9.59 Å². The number of nitrogens with one attached hydrogen (secondary N) is 3. The number of carbonyl (C=O) groups excluding carboxylic acids is 2. The summed E-state index contributed by atoms with van der Waals surface area (Å²) in [6, 6.07) is 19.7. The molecule has 0 aliphatic carbocycles. The van der Waals surface area contributed by atoms with Crippen LogP contribution in [-0.4, -0.2) is 38.8 Å². The van der Waals surface area contributed by atoms with Gasteiger partial charge in [0.1, 0.15) is 11.3 Å². The Bertz CT molecular complexity index is 1680. The van der Waals surface area contributed by atoms with Crippen molar-refractivity contribution < 1.29 is 9.59 Å². The van der Waals surface area contributed by atoms with Gasteiger partial charge in [-0.25, -0.2) is 15.0 Å². The number of imidazole rings is 1. The quantitative estimate of drug-likeness (QED) is 0.192. The van der Waals surface area contributed by atoms with Crippen molar-refractivity contribution in [3.63, 3.8) is 0 Å². The van der Waals surface area contributed by atoms with Crippen LogP contribution >= 0.6 is 0 Å². The van der Waals surface area contributed by atoms with E-state index in [-0.39, 0.29) is 17.9 Å². The highest BCUT2D eigenvalue weighted by atomic mass is 16.2. The number of H-pyrrole nitrogens is 1. The average Bonchev–Trinajstić information content (AvgIpc) is 3.46. The van der Waals surface area contributed by atoms with Crippen molar-refractivity contribution in [2.45, 2.75) is 52.0 Å².